The number of carbonyl (C=O) groups is 1. The molecule has 0 spiro atoms. The molecule has 0 radical (unpaired) electrons. The van der Waals surface area contributed by atoms with Gasteiger partial charge in [-0.3, -0.25) is 4.79 Å². The van der Waals surface area contributed by atoms with Crippen molar-refractivity contribution < 1.29 is 9.53 Å². The highest BCUT2D eigenvalue weighted by Gasteiger charge is 2.07. The zero-order valence-electron chi connectivity index (χ0n) is 11.5. The SMILES string of the molecule is CCCC(=O)OC(C)CNCc1cccc(C)c1. The van der Waals surface area contributed by atoms with Crippen LogP contribution in [0.1, 0.15) is 37.8 Å². The molecule has 1 aromatic carbocycles. The number of hydrogen-bond acceptors (Lipinski definition) is 3. The Labute approximate surface area is 110 Å². The summed E-state index contributed by atoms with van der Waals surface area (Å²) in [5.41, 5.74) is 2.51. The fraction of sp³-hybridized carbons (Fsp3) is 0.533. The molecule has 0 bridgehead atoms. The molecule has 0 saturated carbocycles. The first-order valence-corrected chi connectivity index (χ1v) is 6.57. The van der Waals surface area contributed by atoms with Crippen LogP contribution in [0.5, 0.6) is 0 Å². The first-order chi connectivity index (χ1) is 8.61. The third-order valence-electron chi connectivity index (χ3n) is 2.63. The van der Waals surface area contributed by atoms with E-state index in [-0.39, 0.29) is 12.1 Å². The lowest BCUT2D eigenvalue weighted by atomic mass is 10.1. The van der Waals surface area contributed by atoms with E-state index in [1.54, 1.807) is 0 Å². The predicted octanol–water partition coefficient (Wildman–Crippen LogP) is 2.82. The maximum atomic E-state index is 11.3. The standard InChI is InChI=1S/C15H23NO2/c1-4-6-15(17)18-13(3)10-16-11-14-8-5-7-12(2)9-14/h5,7-9,13,16H,4,6,10-11H2,1-3H3. The molecule has 0 aliphatic carbocycles. The molecule has 0 amide bonds. The topological polar surface area (TPSA) is 38.3 Å². The van der Waals surface area contributed by atoms with E-state index in [9.17, 15) is 4.79 Å². The zero-order chi connectivity index (χ0) is 13.4. The summed E-state index contributed by atoms with van der Waals surface area (Å²) in [7, 11) is 0. The van der Waals surface area contributed by atoms with Crippen LogP contribution in [-0.2, 0) is 16.1 Å². The van der Waals surface area contributed by atoms with Gasteiger partial charge in [-0.2, -0.15) is 0 Å². The van der Waals surface area contributed by atoms with E-state index in [4.69, 9.17) is 4.74 Å². The van der Waals surface area contributed by atoms with Crippen molar-refractivity contribution in [2.75, 3.05) is 6.54 Å². The van der Waals surface area contributed by atoms with Gasteiger partial charge in [-0.25, -0.2) is 0 Å². The third kappa shape index (κ3) is 5.82. The number of hydrogen-bond donors (Lipinski definition) is 1. The van der Waals surface area contributed by atoms with E-state index >= 15 is 0 Å². The molecule has 1 unspecified atom stereocenters. The summed E-state index contributed by atoms with van der Waals surface area (Å²) >= 11 is 0. The van der Waals surface area contributed by atoms with Crippen LogP contribution in [0.4, 0.5) is 0 Å². The van der Waals surface area contributed by atoms with Crippen LogP contribution in [0.15, 0.2) is 24.3 Å². The molecule has 3 nitrogen and oxygen atoms in total. The van der Waals surface area contributed by atoms with Crippen LogP contribution in [0, 0.1) is 6.92 Å². The fourth-order valence-corrected chi connectivity index (χ4v) is 1.77. The Morgan fingerprint density at radius 2 is 2.22 bits per heavy atom. The maximum absolute atomic E-state index is 11.3. The van der Waals surface area contributed by atoms with Crippen molar-refractivity contribution in [3.8, 4) is 0 Å². The van der Waals surface area contributed by atoms with Crippen molar-refractivity contribution in [1.29, 1.82) is 0 Å². The van der Waals surface area contributed by atoms with Gasteiger partial charge in [-0.05, 0) is 25.8 Å². The fourth-order valence-electron chi connectivity index (χ4n) is 1.77. The Kier molecular flexibility index (Phi) is 6.44. The first-order valence-electron chi connectivity index (χ1n) is 6.57. The summed E-state index contributed by atoms with van der Waals surface area (Å²) in [6.45, 7) is 7.46. The molecule has 0 fully saturated rings. The van der Waals surface area contributed by atoms with E-state index in [2.05, 4.69) is 36.5 Å². The summed E-state index contributed by atoms with van der Waals surface area (Å²) < 4.78 is 5.25. The van der Waals surface area contributed by atoms with Crippen LogP contribution in [0.3, 0.4) is 0 Å². The highest BCUT2D eigenvalue weighted by atomic mass is 16.5. The minimum absolute atomic E-state index is 0.0751. The molecule has 1 N–H and O–H groups in total. The molecule has 1 atom stereocenters. The van der Waals surface area contributed by atoms with Gasteiger partial charge in [0.25, 0.3) is 0 Å². The maximum Gasteiger partial charge on any atom is 0.306 e. The monoisotopic (exact) mass is 249 g/mol. The van der Waals surface area contributed by atoms with E-state index in [0.717, 1.165) is 13.0 Å². The van der Waals surface area contributed by atoms with Crippen LogP contribution < -0.4 is 5.32 Å². The summed E-state index contributed by atoms with van der Waals surface area (Å²) in [4.78, 5) is 11.3. The Hall–Kier alpha value is -1.35. The van der Waals surface area contributed by atoms with E-state index < -0.39 is 0 Å². The van der Waals surface area contributed by atoms with Gasteiger partial charge in [-0.15, -0.1) is 0 Å². The summed E-state index contributed by atoms with van der Waals surface area (Å²) in [5.74, 6) is -0.109. The average Bonchev–Trinajstić information content (AvgIpc) is 2.29. The molecular weight excluding hydrogens is 226 g/mol. The van der Waals surface area contributed by atoms with Crippen molar-refractivity contribution in [3.63, 3.8) is 0 Å². The zero-order valence-corrected chi connectivity index (χ0v) is 11.5. The summed E-state index contributed by atoms with van der Waals surface area (Å²) in [5, 5.41) is 3.30. The van der Waals surface area contributed by atoms with Gasteiger partial charge in [0.2, 0.25) is 0 Å². The first kappa shape index (κ1) is 14.7. The number of ether oxygens (including phenoxy) is 1. The molecule has 1 aromatic rings. The quantitative estimate of drug-likeness (QED) is 0.755. The van der Waals surface area contributed by atoms with Gasteiger partial charge in [-0.1, -0.05) is 36.8 Å². The lowest BCUT2D eigenvalue weighted by Crippen LogP contribution is -2.28. The largest absolute Gasteiger partial charge is 0.461 e. The Morgan fingerprint density at radius 1 is 1.44 bits per heavy atom. The number of benzene rings is 1. The summed E-state index contributed by atoms with van der Waals surface area (Å²) in [6, 6.07) is 8.38. The lowest BCUT2D eigenvalue weighted by molar-refractivity contribution is -0.148. The van der Waals surface area contributed by atoms with Gasteiger partial charge in [0.1, 0.15) is 6.10 Å². The molecule has 0 aliphatic rings. The minimum Gasteiger partial charge on any atom is -0.461 e. The van der Waals surface area contributed by atoms with E-state index in [1.807, 2.05) is 13.8 Å². The molecule has 1 rings (SSSR count). The normalized spacial score (nSPS) is 12.2. The molecule has 0 saturated heterocycles. The van der Waals surface area contributed by atoms with Crippen molar-refractivity contribution >= 4 is 5.97 Å². The van der Waals surface area contributed by atoms with Gasteiger partial charge >= 0.3 is 5.97 Å². The van der Waals surface area contributed by atoms with Gasteiger partial charge in [0, 0.05) is 19.5 Å². The third-order valence-corrected chi connectivity index (χ3v) is 2.63. The van der Waals surface area contributed by atoms with Gasteiger partial charge in [0.15, 0.2) is 0 Å². The van der Waals surface area contributed by atoms with Crippen LogP contribution in [-0.4, -0.2) is 18.6 Å². The minimum atomic E-state index is -0.109. The highest BCUT2D eigenvalue weighted by Crippen LogP contribution is 2.03. The number of aryl methyl sites for hydroxylation is 1. The average molecular weight is 249 g/mol. The Morgan fingerprint density at radius 3 is 2.89 bits per heavy atom. The predicted molar refractivity (Wildman–Crippen MR) is 73.3 cm³/mol. The molecule has 0 aromatic heterocycles. The lowest BCUT2D eigenvalue weighted by Gasteiger charge is -2.14. The molecular formula is C15H23NO2. The second-order valence-electron chi connectivity index (χ2n) is 4.67. The number of rotatable bonds is 7. The molecule has 100 valence electrons. The smallest absolute Gasteiger partial charge is 0.306 e. The van der Waals surface area contributed by atoms with E-state index in [0.29, 0.717) is 13.0 Å². The number of esters is 1. The van der Waals surface area contributed by atoms with Crippen molar-refractivity contribution in [3.05, 3.63) is 35.4 Å². The van der Waals surface area contributed by atoms with Crippen LogP contribution >= 0.6 is 0 Å². The van der Waals surface area contributed by atoms with E-state index in [1.165, 1.54) is 11.1 Å². The van der Waals surface area contributed by atoms with Gasteiger partial charge < -0.3 is 10.1 Å². The molecule has 0 aliphatic heterocycles. The Bertz CT molecular complexity index is 377. The molecule has 18 heavy (non-hydrogen) atoms. The van der Waals surface area contributed by atoms with Gasteiger partial charge in [0.05, 0.1) is 0 Å². The van der Waals surface area contributed by atoms with Crippen LogP contribution in [0.2, 0.25) is 0 Å². The number of nitrogens with one attached hydrogen (secondary N) is 1. The van der Waals surface area contributed by atoms with Crippen molar-refractivity contribution in [2.24, 2.45) is 0 Å². The second kappa shape index (κ2) is 7.88. The summed E-state index contributed by atoms with van der Waals surface area (Å²) in [6.07, 6.45) is 1.26. The molecule has 3 heteroatoms. The molecule has 0 heterocycles. The van der Waals surface area contributed by atoms with Crippen molar-refractivity contribution in [1.82, 2.24) is 5.32 Å². The Balaban J connectivity index is 2.23. The second-order valence-corrected chi connectivity index (χ2v) is 4.67. The highest BCUT2D eigenvalue weighted by molar-refractivity contribution is 5.69. The number of carbonyl (C=O) groups excluding carboxylic acids is 1. The van der Waals surface area contributed by atoms with Crippen LogP contribution in [0.25, 0.3) is 0 Å². The van der Waals surface area contributed by atoms with Crippen molar-refractivity contribution in [2.45, 2.75) is 46.3 Å².